The van der Waals surface area contributed by atoms with E-state index < -0.39 is 10.0 Å². The zero-order valence-corrected chi connectivity index (χ0v) is 12.0. The Balaban J connectivity index is 2.17. The second-order valence-corrected chi connectivity index (χ2v) is 6.62. The lowest BCUT2D eigenvalue weighted by molar-refractivity contribution is 0.592. The second-order valence-electron chi connectivity index (χ2n) is 4.79. The van der Waals surface area contributed by atoms with Gasteiger partial charge in [0.1, 0.15) is 11.0 Å². The van der Waals surface area contributed by atoms with Crippen LogP contribution in [0.25, 0.3) is 0 Å². The Kier molecular flexibility index (Phi) is 3.07. The molecule has 6 heteroatoms. The molecule has 0 amide bonds. The number of anilines is 2. The fraction of sp³-hybridized carbons (Fsp3) is 0.133. The number of nitrogen functional groups attached to an aromatic ring is 1. The molecule has 1 heterocycles. The molecule has 2 N–H and O–H groups in total. The maximum atomic E-state index is 12.8. The van der Waals surface area contributed by atoms with Gasteiger partial charge in [0.25, 0.3) is 10.0 Å². The van der Waals surface area contributed by atoms with E-state index in [1.165, 1.54) is 16.4 Å². The first-order chi connectivity index (χ1) is 10.1. The lowest BCUT2D eigenvalue weighted by Crippen LogP contribution is -2.30. The summed E-state index contributed by atoms with van der Waals surface area (Å²) in [7, 11) is -3.79. The highest BCUT2D eigenvalue weighted by Gasteiger charge is 2.33. The summed E-state index contributed by atoms with van der Waals surface area (Å²) < 4.78 is 27.0. The van der Waals surface area contributed by atoms with E-state index in [-0.39, 0.29) is 10.5 Å². The third-order valence-corrected chi connectivity index (χ3v) is 5.42. The van der Waals surface area contributed by atoms with E-state index in [0.717, 1.165) is 5.56 Å². The van der Waals surface area contributed by atoms with Crippen molar-refractivity contribution in [2.24, 2.45) is 0 Å². The fourth-order valence-corrected chi connectivity index (χ4v) is 4.27. The fourth-order valence-electron chi connectivity index (χ4n) is 2.59. The molecule has 0 aliphatic carbocycles. The zero-order valence-electron chi connectivity index (χ0n) is 11.2. The topological polar surface area (TPSA) is 87.2 Å². The van der Waals surface area contributed by atoms with Crippen molar-refractivity contribution >= 4 is 21.4 Å². The van der Waals surface area contributed by atoms with Crippen molar-refractivity contribution < 1.29 is 8.42 Å². The average molecular weight is 299 g/mol. The Morgan fingerprint density at radius 1 is 1.14 bits per heavy atom. The predicted octanol–water partition coefficient (Wildman–Crippen LogP) is 1.89. The van der Waals surface area contributed by atoms with Crippen molar-refractivity contribution in [1.82, 2.24) is 0 Å². The van der Waals surface area contributed by atoms with Crippen molar-refractivity contribution in [2.45, 2.75) is 11.3 Å². The monoisotopic (exact) mass is 299 g/mol. The van der Waals surface area contributed by atoms with Crippen LogP contribution in [0.15, 0.2) is 47.4 Å². The summed E-state index contributed by atoms with van der Waals surface area (Å²) in [5, 5.41) is 9.12. The first kappa shape index (κ1) is 13.5. The number of hydrogen-bond acceptors (Lipinski definition) is 4. The van der Waals surface area contributed by atoms with E-state index in [1.807, 2.05) is 18.2 Å². The lowest BCUT2D eigenvalue weighted by atomic mass is 10.1. The summed E-state index contributed by atoms with van der Waals surface area (Å²) in [4.78, 5) is 0.0172. The number of nitrogens with zero attached hydrogens (tertiary/aromatic N) is 2. The summed E-state index contributed by atoms with van der Waals surface area (Å²) in [5.74, 6) is 0. The molecular formula is C15H13N3O2S. The molecule has 0 unspecified atom stereocenters. The van der Waals surface area contributed by atoms with E-state index in [9.17, 15) is 8.42 Å². The van der Waals surface area contributed by atoms with Crippen molar-refractivity contribution in [1.29, 1.82) is 5.26 Å². The molecule has 1 aliphatic heterocycles. The number of nitrogens with two attached hydrogens (primary N) is 1. The summed E-state index contributed by atoms with van der Waals surface area (Å²) in [5.41, 5.74) is 7.95. The molecule has 0 fully saturated rings. The molecule has 0 saturated heterocycles. The van der Waals surface area contributed by atoms with E-state index >= 15 is 0 Å². The van der Waals surface area contributed by atoms with Gasteiger partial charge in [0.15, 0.2) is 0 Å². The van der Waals surface area contributed by atoms with Gasteiger partial charge in [-0.15, -0.1) is 0 Å². The van der Waals surface area contributed by atoms with Crippen molar-refractivity contribution in [2.75, 3.05) is 16.6 Å². The Bertz CT molecular complexity index is 853. The molecule has 1 aliphatic rings. The van der Waals surface area contributed by atoms with E-state index in [2.05, 4.69) is 0 Å². The van der Waals surface area contributed by atoms with Crippen LogP contribution >= 0.6 is 0 Å². The second kappa shape index (κ2) is 4.79. The smallest absolute Gasteiger partial charge is 0.265 e. The van der Waals surface area contributed by atoms with Crippen LogP contribution in [0.2, 0.25) is 0 Å². The van der Waals surface area contributed by atoms with Gasteiger partial charge in [-0.05, 0) is 30.2 Å². The highest BCUT2D eigenvalue weighted by molar-refractivity contribution is 7.93. The highest BCUT2D eigenvalue weighted by atomic mass is 32.2. The van der Waals surface area contributed by atoms with Gasteiger partial charge in [-0.1, -0.05) is 24.3 Å². The minimum atomic E-state index is -3.79. The first-order valence-corrected chi connectivity index (χ1v) is 7.89. The molecule has 2 aromatic carbocycles. The van der Waals surface area contributed by atoms with Crippen molar-refractivity contribution in [3.05, 3.63) is 53.6 Å². The molecular weight excluding hydrogens is 286 g/mol. The highest BCUT2D eigenvalue weighted by Crippen LogP contribution is 2.37. The number of sulfonamides is 1. The summed E-state index contributed by atoms with van der Waals surface area (Å²) >= 11 is 0. The molecule has 0 aromatic heterocycles. The minimum Gasteiger partial charge on any atom is -0.397 e. The van der Waals surface area contributed by atoms with Crippen LogP contribution in [0.3, 0.4) is 0 Å². The third-order valence-electron chi connectivity index (χ3n) is 3.56. The molecule has 0 atom stereocenters. The number of rotatable bonds is 2. The van der Waals surface area contributed by atoms with Crippen LogP contribution < -0.4 is 10.0 Å². The molecule has 0 radical (unpaired) electrons. The van der Waals surface area contributed by atoms with Crippen molar-refractivity contribution in [3.8, 4) is 6.07 Å². The summed E-state index contributed by atoms with van der Waals surface area (Å²) in [6.07, 6.45) is 0.619. The van der Waals surface area contributed by atoms with Crippen LogP contribution in [0.5, 0.6) is 0 Å². The van der Waals surface area contributed by atoms with Gasteiger partial charge in [-0.3, -0.25) is 4.31 Å². The number of fused-ring (bicyclic) bond motifs is 1. The van der Waals surface area contributed by atoms with Gasteiger partial charge in [0, 0.05) is 6.54 Å². The van der Waals surface area contributed by atoms with Gasteiger partial charge in [-0.2, -0.15) is 5.26 Å². The van der Waals surface area contributed by atoms with Gasteiger partial charge >= 0.3 is 0 Å². The molecule has 106 valence electrons. The van der Waals surface area contributed by atoms with Crippen LogP contribution in [-0.4, -0.2) is 15.0 Å². The molecule has 3 rings (SSSR count). The summed E-state index contributed by atoms with van der Waals surface area (Å²) in [6.45, 7) is 0.339. The summed E-state index contributed by atoms with van der Waals surface area (Å²) in [6, 6.07) is 13.5. The number of hydrogen-bond donors (Lipinski definition) is 1. The average Bonchev–Trinajstić information content (AvgIpc) is 2.93. The normalized spacial score (nSPS) is 13.8. The van der Waals surface area contributed by atoms with E-state index in [4.69, 9.17) is 11.0 Å². The van der Waals surface area contributed by atoms with Crippen molar-refractivity contribution in [3.63, 3.8) is 0 Å². The van der Waals surface area contributed by atoms with Crippen LogP contribution in [0.4, 0.5) is 11.4 Å². The molecule has 0 saturated carbocycles. The molecule has 21 heavy (non-hydrogen) atoms. The predicted molar refractivity (Wildman–Crippen MR) is 80.2 cm³/mol. The Morgan fingerprint density at radius 2 is 1.90 bits per heavy atom. The lowest BCUT2D eigenvalue weighted by Gasteiger charge is -2.21. The molecule has 0 spiro atoms. The van der Waals surface area contributed by atoms with Gasteiger partial charge < -0.3 is 5.73 Å². The quantitative estimate of drug-likeness (QED) is 0.858. The number of benzene rings is 2. The van der Waals surface area contributed by atoms with Crippen LogP contribution in [-0.2, 0) is 16.4 Å². The maximum Gasteiger partial charge on any atom is 0.265 e. The first-order valence-electron chi connectivity index (χ1n) is 6.45. The number of para-hydroxylation sites is 1. The molecule has 0 bridgehead atoms. The van der Waals surface area contributed by atoms with Crippen LogP contribution in [0, 0.1) is 11.3 Å². The van der Waals surface area contributed by atoms with Gasteiger partial charge in [-0.25, -0.2) is 8.42 Å². The Hall–Kier alpha value is -2.52. The zero-order chi connectivity index (χ0) is 15.0. The van der Waals surface area contributed by atoms with Gasteiger partial charge in [0.2, 0.25) is 0 Å². The standard InChI is InChI=1S/C15H13N3O2S/c16-10-12-4-1-2-7-14(12)21(19,20)18-9-8-11-5-3-6-13(17)15(11)18/h1-7H,8-9,17H2. The van der Waals surface area contributed by atoms with E-state index in [1.54, 1.807) is 18.2 Å². The SMILES string of the molecule is N#Cc1ccccc1S(=O)(=O)N1CCc2cccc(N)c21. The van der Waals surface area contributed by atoms with Gasteiger partial charge in [0.05, 0.1) is 16.9 Å². The Morgan fingerprint density at radius 3 is 2.67 bits per heavy atom. The third kappa shape index (κ3) is 2.03. The Labute approximate surface area is 123 Å². The van der Waals surface area contributed by atoms with E-state index in [0.29, 0.717) is 24.3 Å². The maximum absolute atomic E-state index is 12.8. The molecule has 5 nitrogen and oxygen atoms in total. The van der Waals surface area contributed by atoms with Crippen LogP contribution in [0.1, 0.15) is 11.1 Å². The molecule has 2 aromatic rings. The number of nitriles is 1. The minimum absolute atomic E-state index is 0.0172. The largest absolute Gasteiger partial charge is 0.397 e.